The quantitative estimate of drug-likeness (QED) is 0.454. The smallest absolute Gasteiger partial charge is 0.241 e. The molecule has 0 radical (unpaired) electrons. The Bertz CT molecular complexity index is 980. The molecular weight excluding hydrogens is 446 g/mol. The molecule has 0 saturated carbocycles. The lowest BCUT2D eigenvalue weighted by Gasteiger charge is -2.12. The number of nitrogens with zero attached hydrogens (tertiary/aromatic N) is 3. The van der Waals surface area contributed by atoms with Crippen LogP contribution in [0.15, 0.2) is 22.5 Å². The molecule has 1 heterocycles. The van der Waals surface area contributed by atoms with E-state index in [2.05, 4.69) is 20.8 Å². The third-order valence-corrected chi connectivity index (χ3v) is 7.01. The SMILES string of the molecule is Cc1ccc(NC(=O)CSc2nnc(NC(=O)CN(C)S(C)(=O)=O)s2)cc1Cl. The molecule has 28 heavy (non-hydrogen) atoms. The van der Waals surface area contributed by atoms with Gasteiger partial charge in [0, 0.05) is 17.8 Å². The molecule has 1 aromatic carbocycles. The molecule has 0 saturated heterocycles. The van der Waals surface area contributed by atoms with E-state index >= 15 is 0 Å². The molecule has 2 rings (SSSR count). The second-order valence-electron chi connectivity index (χ2n) is 5.74. The van der Waals surface area contributed by atoms with Gasteiger partial charge in [0.15, 0.2) is 4.34 Å². The first-order valence-corrected chi connectivity index (χ1v) is 11.8. The Labute approximate surface area is 175 Å². The largest absolute Gasteiger partial charge is 0.325 e. The van der Waals surface area contributed by atoms with Crippen molar-refractivity contribution >= 4 is 67.4 Å². The topological polar surface area (TPSA) is 121 Å². The summed E-state index contributed by atoms with van der Waals surface area (Å²) in [5.41, 5.74) is 1.52. The summed E-state index contributed by atoms with van der Waals surface area (Å²) in [6.45, 7) is 1.54. The van der Waals surface area contributed by atoms with Gasteiger partial charge in [0.2, 0.25) is 27.0 Å². The molecule has 152 valence electrons. The highest BCUT2D eigenvalue weighted by molar-refractivity contribution is 8.01. The summed E-state index contributed by atoms with van der Waals surface area (Å²) in [5.74, 6) is -0.666. The van der Waals surface area contributed by atoms with Crippen molar-refractivity contribution in [2.75, 3.05) is 36.2 Å². The summed E-state index contributed by atoms with van der Waals surface area (Å²) in [6.07, 6.45) is 1.01. The van der Waals surface area contributed by atoms with Gasteiger partial charge in [-0.3, -0.25) is 14.9 Å². The fraction of sp³-hybridized carbons (Fsp3) is 0.333. The predicted octanol–water partition coefficient (Wildman–Crippen LogP) is 2.06. The number of likely N-dealkylation sites (N-methyl/N-ethyl adjacent to an activating group) is 1. The maximum atomic E-state index is 12.0. The number of carbonyl (C=O) groups is 2. The third-order valence-electron chi connectivity index (χ3n) is 3.37. The number of hydrogen-bond acceptors (Lipinski definition) is 8. The minimum Gasteiger partial charge on any atom is -0.325 e. The van der Waals surface area contributed by atoms with Crippen molar-refractivity contribution in [2.45, 2.75) is 11.3 Å². The lowest BCUT2D eigenvalue weighted by molar-refractivity contribution is -0.116. The number of anilines is 2. The molecule has 1 aromatic heterocycles. The van der Waals surface area contributed by atoms with Crippen LogP contribution in [0.25, 0.3) is 0 Å². The average Bonchev–Trinajstić information content (AvgIpc) is 3.02. The Kier molecular flexibility index (Phi) is 7.78. The summed E-state index contributed by atoms with van der Waals surface area (Å²) >= 11 is 8.28. The van der Waals surface area contributed by atoms with Gasteiger partial charge in [-0.2, -0.15) is 4.31 Å². The first-order valence-electron chi connectivity index (χ1n) is 7.78. The van der Waals surface area contributed by atoms with E-state index in [1.165, 1.54) is 7.05 Å². The molecule has 0 spiro atoms. The zero-order valence-corrected chi connectivity index (χ0v) is 18.4. The number of benzene rings is 1. The summed E-state index contributed by atoms with van der Waals surface area (Å²) in [7, 11) is -2.15. The number of halogens is 1. The molecule has 0 fully saturated rings. The minimum absolute atomic E-state index is 0.102. The standard InChI is InChI=1S/C15H18ClN5O4S3/c1-9-4-5-10(6-11(9)16)17-13(23)8-26-15-20-19-14(27-15)18-12(22)7-21(2)28(3,24)25/h4-6H,7-8H2,1-3H3,(H,17,23)(H,18,19,22). The second-order valence-corrected chi connectivity index (χ2v) is 10.4. The van der Waals surface area contributed by atoms with E-state index in [0.717, 1.165) is 39.2 Å². The van der Waals surface area contributed by atoms with Crippen molar-refractivity contribution in [1.82, 2.24) is 14.5 Å². The van der Waals surface area contributed by atoms with Crippen molar-refractivity contribution in [1.29, 1.82) is 0 Å². The van der Waals surface area contributed by atoms with Crippen LogP contribution < -0.4 is 10.6 Å². The zero-order chi connectivity index (χ0) is 20.9. The number of hydrogen-bond donors (Lipinski definition) is 2. The number of nitrogens with one attached hydrogen (secondary N) is 2. The van der Waals surface area contributed by atoms with E-state index in [0.29, 0.717) is 15.0 Å². The van der Waals surface area contributed by atoms with Crippen LogP contribution in [0.5, 0.6) is 0 Å². The van der Waals surface area contributed by atoms with Crippen molar-refractivity contribution in [3.8, 4) is 0 Å². The molecule has 0 bridgehead atoms. The summed E-state index contributed by atoms with van der Waals surface area (Å²) in [6, 6.07) is 5.24. The van der Waals surface area contributed by atoms with Gasteiger partial charge in [0.05, 0.1) is 18.6 Å². The number of rotatable bonds is 8. The lowest BCUT2D eigenvalue weighted by Crippen LogP contribution is -2.34. The number of carbonyl (C=O) groups excluding carboxylic acids is 2. The lowest BCUT2D eigenvalue weighted by atomic mass is 10.2. The molecule has 0 atom stereocenters. The first kappa shape index (κ1) is 22.6. The maximum Gasteiger partial charge on any atom is 0.241 e. The molecule has 2 aromatic rings. The van der Waals surface area contributed by atoms with E-state index in [-0.39, 0.29) is 23.3 Å². The van der Waals surface area contributed by atoms with Crippen LogP contribution in [0.1, 0.15) is 5.56 Å². The first-order chi connectivity index (χ1) is 13.0. The number of aryl methyl sites for hydroxylation is 1. The number of aromatic nitrogens is 2. The summed E-state index contributed by atoms with van der Waals surface area (Å²) < 4.78 is 24.0. The van der Waals surface area contributed by atoms with E-state index in [1.807, 2.05) is 13.0 Å². The Balaban J connectivity index is 1.83. The molecule has 0 unspecified atom stereocenters. The molecule has 2 N–H and O–H groups in total. The van der Waals surface area contributed by atoms with Gasteiger partial charge < -0.3 is 5.32 Å². The molecule has 2 amide bonds. The van der Waals surface area contributed by atoms with Crippen LogP contribution in [0, 0.1) is 6.92 Å². The normalized spacial score (nSPS) is 11.5. The second kappa shape index (κ2) is 9.65. The molecule has 13 heteroatoms. The number of amides is 2. The van der Waals surface area contributed by atoms with Crippen LogP contribution in [0.4, 0.5) is 10.8 Å². The Morgan fingerprint density at radius 1 is 1.25 bits per heavy atom. The molecule has 0 aliphatic carbocycles. The van der Waals surface area contributed by atoms with Gasteiger partial charge in [0.1, 0.15) is 0 Å². The van der Waals surface area contributed by atoms with Crippen LogP contribution >= 0.6 is 34.7 Å². The predicted molar refractivity (Wildman–Crippen MR) is 112 cm³/mol. The van der Waals surface area contributed by atoms with Gasteiger partial charge in [-0.05, 0) is 24.6 Å². The van der Waals surface area contributed by atoms with Gasteiger partial charge in [0.25, 0.3) is 0 Å². The van der Waals surface area contributed by atoms with E-state index in [9.17, 15) is 18.0 Å². The fourth-order valence-electron chi connectivity index (χ4n) is 1.79. The third kappa shape index (κ3) is 7.02. The zero-order valence-electron chi connectivity index (χ0n) is 15.2. The highest BCUT2D eigenvalue weighted by Crippen LogP contribution is 2.26. The van der Waals surface area contributed by atoms with Crippen LogP contribution in [-0.2, 0) is 19.6 Å². The highest BCUT2D eigenvalue weighted by atomic mass is 35.5. The number of thioether (sulfide) groups is 1. The molecule has 9 nitrogen and oxygen atoms in total. The van der Waals surface area contributed by atoms with Gasteiger partial charge in [-0.1, -0.05) is 40.8 Å². The maximum absolute atomic E-state index is 12.0. The highest BCUT2D eigenvalue weighted by Gasteiger charge is 2.17. The Morgan fingerprint density at radius 2 is 1.96 bits per heavy atom. The monoisotopic (exact) mass is 463 g/mol. The Hall–Kier alpha value is -1.73. The van der Waals surface area contributed by atoms with Crippen LogP contribution in [0.2, 0.25) is 5.02 Å². The van der Waals surface area contributed by atoms with E-state index in [4.69, 9.17) is 11.6 Å². The molecule has 0 aliphatic heterocycles. The van der Waals surface area contributed by atoms with E-state index < -0.39 is 15.9 Å². The van der Waals surface area contributed by atoms with Crippen molar-refractivity contribution in [2.24, 2.45) is 0 Å². The summed E-state index contributed by atoms with van der Waals surface area (Å²) in [5, 5.41) is 13.7. The fourth-order valence-corrected chi connectivity index (χ4v) is 3.89. The average molecular weight is 464 g/mol. The number of sulfonamides is 1. The van der Waals surface area contributed by atoms with Crippen molar-refractivity contribution in [3.05, 3.63) is 28.8 Å². The van der Waals surface area contributed by atoms with Gasteiger partial charge >= 0.3 is 0 Å². The molecular formula is C15H18ClN5O4S3. The molecule has 0 aliphatic rings. The van der Waals surface area contributed by atoms with Crippen LogP contribution in [-0.4, -0.2) is 60.3 Å². The minimum atomic E-state index is -3.45. The van der Waals surface area contributed by atoms with Crippen molar-refractivity contribution in [3.63, 3.8) is 0 Å². The van der Waals surface area contributed by atoms with E-state index in [1.54, 1.807) is 12.1 Å². The van der Waals surface area contributed by atoms with Crippen molar-refractivity contribution < 1.29 is 18.0 Å². The van der Waals surface area contributed by atoms with Gasteiger partial charge in [-0.15, -0.1) is 10.2 Å². The van der Waals surface area contributed by atoms with Gasteiger partial charge in [-0.25, -0.2) is 8.42 Å². The van der Waals surface area contributed by atoms with Crippen LogP contribution in [0.3, 0.4) is 0 Å². The Morgan fingerprint density at radius 3 is 2.61 bits per heavy atom. The summed E-state index contributed by atoms with van der Waals surface area (Å²) in [4.78, 5) is 23.9.